The van der Waals surface area contributed by atoms with E-state index in [4.69, 9.17) is 14.8 Å². The average Bonchev–Trinajstić information content (AvgIpc) is 3.56. The molecule has 5 rings (SSSR count). The van der Waals surface area contributed by atoms with Crippen molar-refractivity contribution in [3.8, 4) is 11.4 Å². The third-order valence-electron chi connectivity index (χ3n) is 5.71. The van der Waals surface area contributed by atoms with Gasteiger partial charge in [-0.3, -0.25) is 0 Å². The van der Waals surface area contributed by atoms with Gasteiger partial charge in [0.15, 0.2) is 10.8 Å². The number of hydrogen-bond acceptors (Lipinski definition) is 7. The zero-order valence-electron chi connectivity index (χ0n) is 19.3. The van der Waals surface area contributed by atoms with E-state index < -0.39 is 5.97 Å². The van der Waals surface area contributed by atoms with Crippen molar-refractivity contribution < 1.29 is 19.0 Å². The summed E-state index contributed by atoms with van der Waals surface area (Å²) in [6.07, 6.45) is 1.99. The minimum atomic E-state index is -1.13. The molecule has 0 spiro atoms. The van der Waals surface area contributed by atoms with E-state index in [2.05, 4.69) is 15.1 Å². The summed E-state index contributed by atoms with van der Waals surface area (Å²) >= 11 is 1.34. The fraction of sp³-hybridized carbons (Fsp3) is 0.154. The van der Waals surface area contributed by atoms with Crippen molar-refractivity contribution in [3.05, 3.63) is 95.6 Å². The molecule has 0 amide bonds. The summed E-state index contributed by atoms with van der Waals surface area (Å²) in [5.74, 6) is -0.597. The molecule has 2 aromatic heterocycles. The van der Waals surface area contributed by atoms with E-state index in [0.717, 1.165) is 28.4 Å². The molecule has 0 unspecified atom stereocenters. The maximum atomic E-state index is 14.4. The van der Waals surface area contributed by atoms with Gasteiger partial charge in [-0.1, -0.05) is 41.7 Å². The zero-order chi connectivity index (χ0) is 25.1. The Hall–Kier alpha value is -4.31. The Morgan fingerprint density at radius 1 is 1.08 bits per heavy atom. The molecular weight excluding hydrogens is 481 g/mol. The number of benzene rings is 3. The molecule has 0 bridgehead atoms. The Bertz CT molecular complexity index is 1500. The summed E-state index contributed by atoms with van der Waals surface area (Å²) in [7, 11) is 1.64. The molecular formula is C26H22FN5O3S. The number of rotatable bonds is 9. The summed E-state index contributed by atoms with van der Waals surface area (Å²) in [6.45, 7) is 1.24. The minimum Gasteiger partial charge on any atom is -0.497 e. The Morgan fingerprint density at radius 2 is 1.83 bits per heavy atom. The first-order valence-corrected chi connectivity index (χ1v) is 12.0. The quantitative estimate of drug-likeness (QED) is 0.303. The van der Waals surface area contributed by atoms with Gasteiger partial charge in [0.25, 0.3) is 0 Å². The van der Waals surface area contributed by atoms with Gasteiger partial charge in [0.1, 0.15) is 11.6 Å². The number of aromatic carboxylic acids is 1. The number of carboxylic acids is 1. The van der Waals surface area contributed by atoms with E-state index in [1.165, 1.54) is 28.4 Å². The van der Waals surface area contributed by atoms with Crippen molar-refractivity contribution in [1.29, 1.82) is 0 Å². The van der Waals surface area contributed by atoms with Gasteiger partial charge in [0.05, 0.1) is 29.2 Å². The number of hydrogen-bond donors (Lipinski definition) is 1. The number of anilines is 1. The van der Waals surface area contributed by atoms with Crippen molar-refractivity contribution in [3.63, 3.8) is 0 Å². The first kappa shape index (κ1) is 23.4. The molecule has 1 N–H and O–H groups in total. The lowest BCUT2D eigenvalue weighted by atomic mass is 10.1. The monoisotopic (exact) mass is 503 g/mol. The SMILES string of the molecule is COc1ccc(CCN(Cc2ccc(-n3ncc(C(=O)O)n3)cc2)c2nc3cccc(F)c3s2)cc1. The molecule has 0 atom stereocenters. The van der Waals surface area contributed by atoms with Gasteiger partial charge in [-0.25, -0.2) is 14.2 Å². The summed E-state index contributed by atoms with van der Waals surface area (Å²) in [4.78, 5) is 19.2. The summed E-state index contributed by atoms with van der Waals surface area (Å²) < 4.78 is 20.1. The smallest absolute Gasteiger partial charge is 0.358 e. The molecule has 8 nitrogen and oxygen atoms in total. The zero-order valence-corrected chi connectivity index (χ0v) is 20.2. The minimum absolute atomic E-state index is 0.119. The van der Waals surface area contributed by atoms with Crippen LogP contribution in [0.25, 0.3) is 15.9 Å². The van der Waals surface area contributed by atoms with E-state index in [9.17, 15) is 9.18 Å². The third kappa shape index (κ3) is 5.03. The number of fused-ring (bicyclic) bond motifs is 1. The number of nitrogens with zero attached hydrogens (tertiary/aromatic N) is 5. The van der Waals surface area contributed by atoms with E-state index in [1.54, 1.807) is 13.2 Å². The molecule has 182 valence electrons. The first-order chi connectivity index (χ1) is 17.5. The average molecular weight is 504 g/mol. The highest BCUT2D eigenvalue weighted by Gasteiger charge is 2.16. The van der Waals surface area contributed by atoms with Crippen LogP contribution >= 0.6 is 11.3 Å². The van der Waals surface area contributed by atoms with Gasteiger partial charge < -0.3 is 14.7 Å². The maximum Gasteiger partial charge on any atom is 0.358 e. The molecule has 0 aliphatic heterocycles. The van der Waals surface area contributed by atoms with Crippen molar-refractivity contribution in [2.75, 3.05) is 18.6 Å². The van der Waals surface area contributed by atoms with Crippen LogP contribution in [0, 0.1) is 5.82 Å². The van der Waals surface area contributed by atoms with Crippen molar-refractivity contribution in [2.24, 2.45) is 0 Å². The number of ether oxygens (including phenoxy) is 1. The van der Waals surface area contributed by atoms with Crippen LogP contribution < -0.4 is 9.64 Å². The molecule has 5 aromatic rings. The second kappa shape index (κ2) is 10.1. The van der Waals surface area contributed by atoms with Crippen LogP contribution in [-0.2, 0) is 13.0 Å². The lowest BCUT2D eigenvalue weighted by Crippen LogP contribution is -2.25. The Balaban J connectivity index is 1.39. The van der Waals surface area contributed by atoms with Crippen molar-refractivity contribution in [1.82, 2.24) is 20.0 Å². The van der Waals surface area contributed by atoms with Crippen LogP contribution in [0.2, 0.25) is 0 Å². The molecule has 10 heteroatoms. The van der Waals surface area contributed by atoms with Crippen LogP contribution in [0.15, 0.2) is 72.9 Å². The van der Waals surface area contributed by atoms with Gasteiger partial charge in [-0.2, -0.15) is 9.90 Å². The Kier molecular flexibility index (Phi) is 6.59. The third-order valence-corrected chi connectivity index (χ3v) is 6.85. The fourth-order valence-electron chi connectivity index (χ4n) is 3.78. The largest absolute Gasteiger partial charge is 0.497 e. The number of aromatic nitrogens is 4. The number of halogens is 1. The topological polar surface area (TPSA) is 93.4 Å². The molecule has 0 aliphatic carbocycles. The molecule has 0 saturated carbocycles. The van der Waals surface area contributed by atoms with Crippen LogP contribution in [-0.4, -0.2) is 44.7 Å². The van der Waals surface area contributed by atoms with E-state index in [-0.39, 0.29) is 11.5 Å². The van der Waals surface area contributed by atoms with E-state index in [0.29, 0.717) is 29.0 Å². The van der Waals surface area contributed by atoms with Crippen LogP contribution in [0.1, 0.15) is 21.6 Å². The van der Waals surface area contributed by atoms with Gasteiger partial charge in [-0.05, 0) is 53.9 Å². The first-order valence-electron chi connectivity index (χ1n) is 11.2. The molecule has 0 fully saturated rings. The predicted molar refractivity (Wildman–Crippen MR) is 136 cm³/mol. The number of carboxylic acid groups (broad SMARTS) is 1. The van der Waals surface area contributed by atoms with E-state index in [1.807, 2.05) is 54.6 Å². The van der Waals surface area contributed by atoms with Gasteiger partial charge in [-0.15, -0.1) is 5.10 Å². The second-order valence-corrected chi connectivity index (χ2v) is 9.07. The number of methoxy groups -OCH3 is 1. The second-order valence-electron chi connectivity index (χ2n) is 8.10. The summed E-state index contributed by atoms with van der Waals surface area (Å²) in [5, 5.41) is 17.8. The molecule has 0 saturated heterocycles. The molecule has 0 radical (unpaired) electrons. The van der Waals surface area contributed by atoms with E-state index >= 15 is 0 Å². The molecule has 2 heterocycles. The lowest BCUT2D eigenvalue weighted by Gasteiger charge is -2.22. The molecule has 0 aliphatic rings. The molecule has 3 aromatic carbocycles. The summed E-state index contributed by atoms with van der Waals surface area (Å²) in [5.41, 5.74) is 3.34. The summed E-state index contributed by atoms with van der Waals surface area (Å²) in [6, 6.07) is 20.4. The normalized spacial score (nSPS) is 11.1. The number of thiazole rings is 1. The number of carbonyl (C=O) groups is 1. The Morgan fingerprint density at radius 3 is 2.50 bits per heavy atom. The van der Waals surface area contributed by atoms with Crippen molar-refractivity contribution in [2.45, 2.75) is 13.0 Å². The van der Waals surface area contributed by atoms with Crippen LogP contribution in [0.5, 0.6) is 5.75 Å². The lowest BCUT2D eigenvalue weighted by molar-refractivity contribution is 0.0690. The maximum absolute atomic E-state index is 14.4. The highest BCUT2D eigenvalue weighted by atomic mass is 32.1. The van der Waals surface area contributed by atoms with Gasteiger partial charge in [0, 0.05) is 13.1 Å². The highest BCUT2D eigenvalue weighted by molar-refractivity contribution is 7.22. The van der Waals surface area contributed by atoms with Gasteiger partial charge in [0.2, 0.25) is 0 Å². The standard InChI is InChI=1S/C26H22FN5O3S/c1-35-20-11-7-17(8-12-20)13-14-31(26-29-22-4-2-3-21(27)24(22)36-26)16-18-5-9-19(10-6-18)32-28-15-23(30-32)25(33)34/h2-12,15H,13-14,16H2,1H3,(H,33,34). The van der Waals surface area contributed by atoms with Crippen molar-refractivity contribution >= 4 is 32.7 Å². The van der Waals surface area contributed by atoms with Crippen LogP contribution in [0.3, 0.4) is 0 Å². The molecule has 36 heavy (non-hydrogen) atoms. The predicted octanol–water partition coefficient (Wildman–Crippen LogP) is 4.97. The Labute approximate surface area is 210 Å². The fourth-order valence-corrected chi connectivity index (χ4v) is 4.77. The highest BCUT2D eigenvalue weighted by Crippen LogP contribution is 2.32. The van der Waals surface area contributed by atoms with Gasteiger partial charge >= 0.3 is 5.97 Å². The van der Waals surface area contributed by atoms with Crippen LogP contribution in [0.4, 0.5) is 9.52 Å².